The van der Waals surface area contributed by atoms with Crippen LogP contribution in [0.1, 0.15) is 17.4 Å². The number of nitrogens with two attached hydrogens (primary N) is 1. The Kier molecular flexibility index (Phi) is 2.29. The number of ether oxygens (including phenoxy) is 1. The number of fused-ring (bicyclic) bond motifs is 1. The predicted molar refractivity (Wildman–Crippen MR) is 55.6 cm³/mol. The number of nitrogen functional groups attached to an aromatic ring is 1. The second-order valence-corrected chi connectivity index (χ2v) is 3.07. The summed E-state index contributed by atoms with van der Waals surface area (Å²) in [7, 11) is 0. The molecule has 0 atom stereocenters. The summed E-state index contributed by atoms with van der Waals surface area (Å²) < 4.78 is 6.57. The zero-order valence-corrected chi connectivity index (χ0v) is 8.30. The first-order valence-electron chi connectivity index (χ1n) is 4.62. The molecule has 2 N–H and O–H groups in total. The minimum Gasteiger partial charge on any atom is -0.461 e. The maximum atomic E-state index is 11.4. The molecule has 2 aromatic rings. The Balaban J connectivity index is 2.42. The minimum absolute atomic E-state index is 0.294. The molecule has 5 nitrogen and oxygen atoms in total. The number of hydrogen-bond donors (Lipinski definition) is 1. The van der Waals surface area contributed by atoms with Gasteiger partial charge >= 0.3 is 5.97 Å². The summed E-state index contributed by atoms with van der Waals surface area (Å²) in [6.07, 6.45) is 3.37. The predicted octanol–water partition coefficient (Wildman–Crippen LogP) is 1.09. The number of anilines is 1. The molecule has 0 bridgehead atoms. The van der Waals surface area contributed by atoms with Gasteiger partial charge in [0.1, 0.15) is 5.65 Å². The van der Waals surface area contributed by atoms with Gasteiger partial charge in [0.15, 0.2) is 5.69 Å². The summed E-state index contributed by atoms with van der Waals surface area (Å²) in [6.45, 7) is 2.10. The van der Waals surface area contributed by atoms with Gasteiger partial charge in [-0.2, -0.15) is 0 Å². The number of imidazole rings is 1. The van der Waals surface area contributed by atoms with E-state index in [9.17, 15) is 4.79 Å². The molecular formula is C10H11N3O2. The highest BCUT2D eigenvalue weighted by Crippen LogP contribution is 2.10. The fraction of sp³-hybridized carbons (Fsp3) is 0.200. The summed E-state index contributed by atoms with van der Waals surface area (Å²) >= 11 is 0. The number of carbonyl (C=O) groups is 1. The van der Waals surface area contributed by atoms with Crippen molar-refractivity contribution in [3.05, 3.63) is 30.2 Å². The number of esters is 1. The van der Waals surface area contributed by atoms with Crippen molar-refractivity contribution in [1.82, 2.24) is 9.38 Å². The van der Waals surface area contributed by atoms with Crippen molar-refractivity contribution in [1.29, 1.82) is 0 Å². The van der Waals surface area contributed by atoms with E-state index in [1.54, 1.807) is 35.9 Å². The third kappa shape index (κ3) is 1.76. The molecule has 0 spiro atoms. The summed E-state index contributed by atoms with van der Waals surface area (Å²) in [6, 6.07) is 3.44. The first-order chi connectivity index (χ1) is 7.20. The highest BCUT2D eigenvalue weighted by Gasteiger charge is 2.11. The normalized spacial score (nSPS) is 10.5. The number of rotatable bonds is 2. The van der Waals surface area contributed by atoms with E-state index >= 15 is 0 Å². The largest absolute Gasteiger partial charge is 0.461 e. The fourth-order valence-electron chi connectivity index (χ4n) is 1.30. The molecule has 0 aromatic carbocycles. The van der Waals surface area contributed by atoms with Gasteiger partial charge < -0.3 is 14.9 Å². The first-order valence-corrected chi connectivity index (χ1v) is 4.62. The maximum absolute atomic E-state index is 11.4. The summed E-state index contributed by atoms with van der Waals surface area (Å²) in [4.78, 5) is 15.5. The Hall–Kier alpha value is -2.04. The zero-order chi connectivity index (χ0) is 10.8. The van der Waals surface area contributed by atoms with Crippen molar-refractivity contribution in [3.8, 4) is 0 Å². The Morgan fingerprint density at radius 1 is 1.67 bits per heavy atom. The minimum atomic E-state index is -0.417. The van der Waals surface area contributed by atoms with Crippen LogP contribution in [0.25, 0.3) is 5.65 Å². The van der Waals surface area contributed by atoms with E-state index in [0.29, 0.717) is 23.6 Å². The number of aromatic nitrogens is 2. The molecule has 5 heteroatoms. The second-order valence-electron chi connectivity index (χ2n) is 3.07. The Bertz CT molecular complexity index is 504. The quantitative estimate of drug-likeness (QED) is 0.745. The lowest BCUT2D eigenvalue weighted by Gasteiger charge is -1.95. The number of pyridine rings is 1. The van der Waals surface area contributed by atoms with Crippen molar-refractivity contribution in [2.45, 2.75) is 6.92 Å². The summed E-state index contributed by atoms with van der Waals surface area (Å²) in [5.41, 5.74) is 7.14. The van der Waals surface area contributed by atoms with Crippen molar-refractivity contribution in [2.75, 3.05) is 12.3 Å². The SMILES string of the molecule is CCOC(=O)c1cn2ccc(N)cc2n1. The van der Waals surface area contributed by atoms with Gasteiger partial charge in [0.25, 0.3) is 0 Å². The van der Waals surface area contributed by atoms with E-state index in [0.717, 1.165) is 0 Å². The average molecular weight is 205 g/mol. The molecule has 0 saturated heterocycles. The average Bonchev–Trinajstić information content (AvgIpc) is 2.60. The number of hydrogen-bond acceptors (Lipinski definition) is 4. The fourth-order valence-corrected chi connectivity index (χ4v) is 1.30. The Morgan fingerprint density at radius 3 is 3.20 bits per heavy atom. The van der Waals surface area contributed by atoms with E-state index in [4.69, 9.17) is 10.5 Å². The van der Waals surface area contributed by atoms with Crippen LogP contribution in [0, 0.1) is 0 Å². The van der Waals surface area contributed by atoms with Gasteiger partial charge in [0.2, 0.25) is 0 Å². The molecule has 0 aliphatic rings. The molecule has 0 unspecified atom stereocenters. The molecule has 0 amide bonds. The second kappa shape index (κ2) is 3.61. The smallest absolute Gasteiger partial charge is 0.358 e. The molecular weight excluding hydrogens is 194 g/mol. The van der Waals surface area contributed by atoms with Crippen LogP contribution in [0.5, 0.6) is 0 Å². The van der Waals surface area contributed by atoms with Crippen LogP contribution >= 0.6 is 0 Å². The molecule has 0 fully saturated rings. The standard InChI is InChI=1S/C10H11N3O2/c1-2-15-10(14)8-6-13-4-3-7(11)5-9(13)12-8/h3-6H,2,11H2,1H3. The lowest BCUT2D eigenvalue weighted by atomic mass is 10.4. The zero-order valence-electron chi connectivity index (χ0n) is 8.30. The summed E-state index contributed by atoms with van der Waals surface area (Å²) in [5, 5.41) is 0. The lowest BCUT2D eigenvalue weighted by Crippen LogP contribution is -2.04. The lowest BCUT2D eigenvalue weighted by molar-refractivity contribution is 0.0520. The van der Waals surface area contributed by atoms with E-state index in [1.807, 2.05) is 0 Å². The molecule has 0 aliphatic heterocycles. The molecule has 0 aliphatic carbocycles. The molecule has 0 radical (unpaired) electrons. The van der Waals surface area contributed by atoms with Crippen LogP contribution in [-0.4, -0.2) is 22.0 Å². The number of carbonyl (C=O) groups excluding carboxylic acids is 1. The summed E-state index contributed by atoms with van der Waals surface area (Å²) in [5.74, 6) is -0.417. The van der Waals surface area contributed by atoms with Crippen LogP contribution in [0.3, 0.4) is 0 Å². The third-order valence-corrected chi connectivity index (χ3v) is 1.97. The van der Waals surface area contributed by atoms with Crippen molar-refractivity contribution >= 4 is 17.3 Å². The van der Waals surface area contributed by atoms with Crippen LogP contribution in [0.4, 0.5) is 5.69 Å². The van der Waals surface area contributed by atoms with Gasteiger partial charge in [-0.05, 0) is 13.0 Å². The van der Waals surface area contributed by atoms with E-state index in [-0.39, 0.29) is 0 Å². The van der Waals surface area contributed by atoms with Crippen molar-refractivity contribution in [3.63, 3.8) is 0 Å². The van der Waals surface area contributed by atoms with Gasteiger partial charge in [0, 0.05) is 24.1 Å². The van der Waals surface area contributed by atoms with E-state index in [2.05, 4.69) is 4.98 Å². The van der Waals surface area contributed by atoms with Crippen molar-refractivity contribution in [2.24, 2.45) is 0 Å². The molecule has 78 valence electrons. The maximum Gasteiger partial charge on any atom is 0.358 e. The van der Waals surface area contributed by atoms with Gasteiger partial charge in [-0.25, -0.2) is 9.78 Å². The topological polar surface area (TPSA) is 69.6 Å². The van der Waals surface area contributed by atoms with Crippen LogP contribution in [0.15, 0.2) is 24.5 Å². The molecule has 2 heterocycles. The van der Waals surface area contributed by atoms with Crippen LogP contribution < -0.4 is 5.73 Å². The Labute approximate surface area is 86.5 Å². The van der Waals surface area contributed by atoms with Gasteiger partial charge in [0.05, 0.1) is 6.61 Å². The molecule has 0 saturated carbocycles. The Morgan fingerprint density at radius 2 is 2.47 bits per heavy atom. The highest BCUT2D eigenvalue weighted by molar-refractivity contribution is 5.88. The van der Waals surface area contributed by atoms with Gasteiger partial charge in [-0.15, -0.1) is 0 Å². The molecule has 2 aromatic heterocycles. The first kappa shape index (κ1) is 9.51. The van der Waals surface area contributed by atoms with Crippen LogP contribution in [0.2, 0.25) is 0 Å². The molecule has 2 rings (SSSR count). The van der Waals surface area contributed by atoms with E-state index in [1.165, 1.54) is 0 Å². The monoisotopic (exact) mass is 205 g/mol. The van der Waals surface area contributed by atoms with Crippen LogP contribution in [-0.2, 0) is 4.74 Å². The highest BCUT2D eigenvalue weighted by atomic mass is 16.5. The number of nitrogens with zero attached hydrogens (tertiary/aromatic N) is 2. The molecule has 15 heavy (non-hydrogen) atoms. The van der Waals surface area contributed by atoms with Gasteiger partial charge in [-0.3, -0.25) is 0 Å². The van der Waals surface area contributed by atoms with Gasteiger partial charge in [-0.1, -0.05) is 0 Å². The van der Waals surface area contributed by atoms with E-state index < -0.39 is 5.97 Å². The van der Waals surface area contributed by atoms with Crippen molar-refractivity contribution < 1.29 is 9.53 Å². The third-order valence-electron chi connectivity index (χ3n) is 1.97.